The van der Waals surface area contributed by atoms with Crippen LogP contribution >= 0.6 is 24.2 Å². The monoisotopic (exact) mass is 549 g/mol. The van der Waals surface area contributed by atoms with Crippen molar-refractivity contribution in [3.8, 4) is 0 Å². The van der Waals surface area contributed by atoms with Crippen LogP contribution in [0.25, 0.3) is 0 Å². The van der Waals surface area contributed by atoms with Gasteiger partial charge < -0.3 is 21.7 Å². The minimum Gasteiger partial charge on any atom is -1.00 e. The molecule has 4 rings (SSSR count). The normalized spacial score (nSPS) is 14.4. The Kier molecular flexibility index (Phi) is 10.7. The van der Waals surface area contributed by atoms with E-state index in [4.69, 9.17) is 4.74 Å². The average molecular weight is 551 g/mol. The number of morpholine rings is 1. The largest absolute Gasteiger partial charge is 1.00 e. The van der Waals surface area contributed by atoms with Gasteiger partial charge in [0.1, 0.15) is 23.2 Å². The van der Waals surface area contributed by atoms with Gasteiger partial charge in [-0.25, -0.2) is 0 Å². The topological polar surface area (TPSA) is 12.5 Å². The number of ether oxygens (including phenoxy) is 1. The standard InChI is InChI=1S/C25H29NOP.2BrH/c1-4-11-23(12-5-1)28(24-13-6-2-7-14-24,25-15-8-3-9-16-25)22-10-17-26-18-20-27-21-19-26;;/h1-9,11-16H,10,17-22H2;2*1H/q+1;;/p-1. The summed E-state index contributed by atoms with van der Waals surface area (Å²) < 4.78 is 5.52. The molecular weight excluding hydrogens is 521 g/mol. The van der Waals surface area contributed by atoms with E-state index in [0.717, 1.165) is 32.8 Å². The molecule has 0 amide bonds. The minimum absolute atomic E-state index is 0. The molecule has 3 aromatic carbocycles. The molecule has 0 spiro atoms. The maximum atomic E-state index is 5.52. The molecule has 1 fully saturated rings. The molecule has 160 valence electrons. The molecule has 1 saturated heterocycles. The van der Waals surface area contributed by atoms with Gasteiger partial charge in [-0.3, -0.25) is 4.90 Å². The lowest BCUT2D eigenvalue weighted by Gasteiger charge is -2.30. The van der Waals surface area contributed by atoms with Crippen molar-refractivity contribution in [3.63, 3.8) is 0 Å². The fraction of sp³-hybridized carbons (Fsp3) is 0.280. The Hall–Kier alpha value is -1.03. The molecule has 0 unspecified atom stereocenters. The van der Waals surface area contributed by atoms with E-state index in [1.54, 1.807) is 0 Å². The molecule has 0 saturated carbocycles. The first-order chi connectivity index (χ1) is 13.9. The van der Waals surface area contributed by atoms with Gasteiger partial charge in [0.2, 0.25) is 0 Å². The molecule has 0 aromatic heterocycles. The van der Waals surface area contributed by atoms with E-state index >= 15 is 0 Å². The third-order valence-corrected chi connectivity index (χ3v) is 10.2. The highest BCUT2D eigenvalue weighted by Crippen LogP contribution is 2.55. The first kappa shape index (κ1) is 25.2. The molecule has 1 aliphatic rings. The van der Waals surface area contributed by atoms with Crippen molar-refractivity contribution in [1.29, 1.82) is 0 Å². The second kappa shape index (κ2) is 12.7. The van der Waals surface area contributed by atoms with Gasteiger partial charge in [0, 0.05) is 19.6 Å². The van der Waals surface area contributed by atoms with Gasteiger partial charge in [-0.15, -0.1) is 17.0 Å². The van der Waals surface area contributed by atoms with Crippen LogP contribution in [-0.4, -0.2) is 43.9 Å². The van der Waals surface area contributed by atoms with E-state index in [1.807, 2.05) is 0 Å². The Morgan fingerprint density at radius 3 is 1.47 bits per heavy atom. The Morgan fingerprint density at radius 1 is 0.667 bits per heavy atom. The smallest absolute Gasteiger partial charge is 0.112 e. The number of benzene rings is 3. The second-order valence-corrected chi connectivity index (χ2v) is 11.0. The Balaban J connectivity index is 0.00000160. The fourth-order valence-electron chi connectivity index (χ4n) is 4.24. The van der Waals surface area contributed by atoms with Crippen molar-refractivity contribution < 1.29 is 21.7 Å². The molecular formula is C25H30Br2NOP. The summed E-state index contributed by atoms with van der Waals surface area (Å²) in [5.41, 5.74) is 0. The SMILES string of the molecule is Br.[Br-].c1ccc([P+](CCCN2CCOCC2)(c2ccccc2)c2ccccc2)cc1. The van der Waals surface area contributed by atoms with E-state index in [9.17, 15) is 0 Å². The lowest BCUT2D eigenvalue weighted by Crippen LogP contribution is -3.00. The molecule has 0 bridgehead atoms. The summed E-state index contributed by atoms with van der Waals surface area (Å²) in [6.07, 6.45) is 2.40. The van der Waals surface area contributed by atoms with Crippen LogP contribution in [0.5, 0.6) is 0 Å². The van der Waals surface area contributed by atoms with Crippen LogP contribution in [-0.2, 0) is 4.74 Å². The summed E-state index contributed by atoms with van der Waals surface area (Å²) in [6.45, 7) is 5.02. The maximum Gasteiger partial charge on any atom is 0.112 e. The average Bonchev–Trinajstić information content (AvgIpc) is 2.79. The molecule has 30 heavy (non-hydrogen) atoms. The zero-order chi connectivity index (χ0) is 19.1. The summed E-state index contributed by atoms with van der Waals surface area (Å²) in [4.78, 5) is 2.55. The Morgan fingerprint density at radius 2 is 1.07 bits per heavy atom. The van der Waals surface area contributed by atoms with E-state index in [1.165, 1.54) is 28.5 Å². The predicted octanol–water partition coefficient (Wildman–Crippen LogP) is 1.28. The van der Waals surface area contributed by atoms with Crippen LogP contribution in [0.15, 0.2) is 91.0 Å². The summed E-state index contributed by atoms with van der Waals surface area (Å²) in [6, 6.07) is 33.5. The van der Waals surface area contributed by atoms with E-state index in [0.29, 0.717) is 0 Å². The van der Waals surface area contributed by atoms with Crippen LogP contribution < -0.4 is 32.9 Å². The van der Waals surface area contributed by atoms with Gasteiger partial charge in [-0.1, -0.05) is 54.6 Å². The molecule has 0 aliphatic carbocycles. The highest BCUT2D eigenvalue weighted by Gasteiger charge is 2.44. The molecule has 3 aromatic rings. The summed E-state index contributed by atoms with van der Waals surface area (Å²) >= 11 is 0. The van der Waals surface area contributed by atoms with Gasteiger partial charge in [-0.2, -0.15) is 0 Å². The third kappa shape index (κ3) is 5.81. The second-order valence-electron chi connectivity index (χ2n) is 7.35. The summed E-state index contributed by atoms with van der Waals surface area (Å²) in [7, 11) is -1.68. The number of hydrogen-bond acceptors (Lipinski definition) is 2. The minimum atomic E-state index is -1.68. The van der Waals surface area contributed by atoms with E-state index < -0.39 is 7.26 Å². The van der Waals surface area contributed by atoms with E-state index in [-0.39, 0.29) is 34.0 Å². The molecule has 1 aliphatic heterocycles. The van der Waals surface area contributed by atoms with Crippen LogP contribution in [0.3, 0.4) is 0 Å². The summed E-state index contributed by atoms with van der Waals surface area (Å²) in [5.74, 6) is 0. The molecule has 0 N–H and O–H groups in total. The number of hydrogen-bond donors (Lipinski definition) is 0. The van der Waals surface area contributed by atoms with Gasteiger partial charge in [0.05, 0.1) is 19.4 Å². The lowest BCUT2D eigenvalue weighted by atomic mass is 10.3. The van der Waals surface area contributed by atoms with Gasteiger partial charge >= 0.3 is 0 Å². The molecule has 1 heterocycles. The van der Waals surface area contributed by atoms with Crippen molar-refractivity contribution in [3.05, 3.63) is 91.0 Å². The zero-order valence-corrected chi connectivity index (χ0v) is 21.4. The van der Waals surface area contributed by atoms with Crippen LogP contribution in [0.4, 0.5) is 0 Å². The van der Waals surface area contributed by atoms with Crippen LogP contribution in [0, 0.1) is 0 Å². The maximum absolute atomic E-state index is 5.52. The van der Waals surface area contributed by atoms with Crippen LogP contribution in [0.1, 0.15) is 6.42 Å². The summed E-state index contributed by atoms with van der Waals surface area (Å²) in [5, 5.41) is 4.44. The highest BCUT2D eigenvalue weighted by molar-refractivity contribution is 8.93. The lowest BCUT2D eigenvalue weighted by molar-refractivity contribution is -0.00000718. The van der Waals surface area contributed by atoms with E-state index in [2.05, 4.69) is 95.9 Å². The number of nitrogens with zero attached hydrogens (tertiary/aromatic N) is 1. The molecule has 2 nitrogen and oxygen atoms in total. The quantitative estimate of drug-likeness (QED) is 0.411. The first-order valence-corrected chi connectivity index (χ1v) is 12.2. The first-order valence-electron chi connectivity index (χ1n) is 10.2. The Bertz CT molecular complexity index is 746. The molecule has 0 atom stereocenters. The van der Waals surface area contributed by atoms with Crippen molar-refractivity contribution in [1.82, 2.24) is 4.90 Å². The number of rotatable bonds is 7. The fourth-order valence-corrected chi connectivity index (χ4v) is 8.57. The number of halogens is 2. The van der Waals surface area contributed by atoms with Gasteiger partial charge in [0.25, 0.3) is 0 Å². The van der Waals surface area contributed by atoms with Gasteiger partial charge in [0.15, 0.2) is 0 Å². The molecule has 5 heteroatoms. The van der Waals surface area contributed by atoms with Crippen LogP contribution in [0.2, 0.25) is 0 Å². The molecule has 0 radical (unpaired) electrons. The third-order valence-electron chi connectivity index (χ3n) is 5.66. The van der Waals surface area contributed by atoms with Crippen molar-refractivity contribution >= 4 is 40.2 Å². The Labute approximate surface area is 202 Å². The van der Waals surface area contributed by atoms with Crippen molar-refractivity contribution in [2.45, 2.75) is 6.42 Å². The van der Waals surface area contributed by atoms with Crippen molar-refractivity contribution in [2.75, 3.05) is 39.0 Å². The predicted molar refractivity (Wildman–Crippen MR) is 132 cm³/mol. The zero-order valence-electron chi connectivity index (χ0n) is 17.2. The highest BCUT2D eigenvalue weighted by atomic mass is 79.9. The van der Waals surface area contributed by atoms with Gasteiger partial charge in [-0.05, 0) is 42.8 Å². The van der Waals surface area contributed by atoms with Crippen molar-refractivity contribution in [2.24, 2.45) is 0 Å².